The zero-order valence-electron chi connectivity index (χ0n) is 26.6. The molecule has 0 bridgehead atoms. The molecule has 1 heterocycles. The lowest BCUT2D eigenvalue weighted by Gasteiger charge is -2.26. The number of hydrogen-bond donors (Lipinski definition) is 5. The number of nitrogens with one attached hydrogen (secondary N) is 5. The van der Waals surface area contributed by atoms with E-state index in [0.29, 0.717) is 19.4 Å². The molecule has 5 N–H and O–H groups in total. The van der Waals surface area contributed by atoms with E-state index in [9.17, 15) is 24.0 Å². The summed E-state index contributed by atoms with van der Waals surface area (Å²) < 4.78 is 11.2. The molecule has 45 heavy (non-hydrogen) atoms. The lowest BCUT2D eigenvalue weighted by atomic mass is 10.0. The van der Waals surface area contributed by atoms with Crippen molar-refractivity contribution in [2.24, 2.45) is 5.92 Å². The average molecular weight is 624 g/mol. The Kier molecular flexibility index (Phi) is 13.2. The van der Waals surface area contributed by atoms with E-state index in [4.69, 9.17) is 9.47 Å². The zero-order valence-corrected chi connectivity index (χ0v) is 26.6. The lowest BCUT2D eigenvalue weighted by molar-refractivity contribution is -0.132. The number of methoxy groups -OCH3 is 1. The summed E-state index contributed by atoms with van der Waals surface area (Å²) in [6.45, 7) is 7.28. The number of hydrogen-bond acceptors (Lipinski definition) is 7. The van der Waals surface area contributed by atoms with Crippen LogP contribution in [0.4, 0.5) is 0 Å². The van der Waals surface area contributed by atoms with Crippen molar-refractivity contribution in [1.29, 1.82) is 0 Å². The van der Waals surface area contributed by atoms with Gasteiger partial charge in [0, 0.05) is 13.0 Å². The Bertz CT molecular complexity index is 1350. The van der Waals surface area contributed by atoms with Crippen molar-refractivity contribution in [3.63, 3.8) is 0 Å². The van der Waals surface area contributed by atoms with Crippen LogP contribution in [0.3, 0.4) is 0 Å². The first-order valence-corrected chi connectivity index (χ1v) is 15.3. The molecule has 0 aliphatic carbocycles. The second-order valence-electron chi connectivity index (χ2n) is 11.5. The van der Waals surface area contributed by atoms with Gasteiger partial charge in [0.15, 0.2) is 0 Å². The van der Waals surface area contributed by atoms with E-state index < -0.39 is 53.7 Å². The van der Waals surface area contributed by atoms with Gasteiger partial charge >= 0.3 is 0 Å². The first-order chi connectivity index (χ1) is 21.5. The third kappa shape index (κ3) is 10.8. The molecule has 1 aliphatic heterocycles. The maximum Gasteiger partial charge on any atom is 0.255 e. The molecule has 1 aliphatic rings. The van der Waals surface area contributed by atoms with Gasteiger partial charge in [-0.1, -0.05) is 38.1 Å². The van der Waals surface area contributed by atoms with Crippen LogP contribution in [0.15, 0.2) is 48.5 Å². The van der Waals surface area contributed by atoms with Gasteiger partial charge in [-0.15, -0.1) is 0 Å². The molecule has 0 spiro atoms. The smallest absolute Gasteiger partial charge is 0.255 e. The highest BCUT2D eigenvalue weighted by Crippen LogP contribution is 2.19. The molecule has 12 heteroatoms. The minimum absolute atomic E-state index is 0.00921. The van der Waals surface area contributed by atoms with Crippen molar-refractivity contribution in [2.75, 3.05) is 20.3 Å². The molecule has 2 aromatic rings. The van der Waals surface area contributed by atoms with Crippen LogP contribution in [0.1, 0.15) is 62.9 Å². The molecule has 0 fully saturated rings. The van der Waals surface area contributed by atoms with Crippen LogP contribution in [-0.4, -0.2) is 74.0 Å². The number of aryl methyl sites for hydroxylation is 1. The van der Waals surface area contributed by atoms with E-state index in [1.807, 2.05) is 24.3 Å². The van der Waals surface area contributed by atoms with Gasteiger partial charge in [-0.05, 0) is 68.9 Å². The highest BCUT2D eigenvalue weighted by molar-refractivity contribution is 6.00. The first kappa shape index (κ1) is 34.9. The average Bonchev–Trinajstić information content (AvgIpc) is 3.02. The predicted octanol–water partition coefficient (Wildman–Crippen LogP) is 1.87. The number of amides is 5. The van der Waals surface area contributed by atoms with Crippen LogP contribution >= 0.6 is 0 Å². The van der Waals surface area contributed by atoms with Gasteiger partial charge in [0.05, 0.1) is 18.7 Å². The summed E-state index contributed by atoms with van der Waals surface area (Å²) in [6.07, 6.45) is 1.21. The highest BCUT2D eigenvalue weighted by Gasteiger charge is 2.29. The van der Waals surface area contributed by atoms with E-state index in [-0.39, 0.29) is 36.7 Å². The van der Waals surface area contributed by atoms with Crippen LogP contribution in [-0.2, 0) is 25.6 Å². The second-order valence-corrected chi connectivity index (χ2v) is 11.5. The molecule has 244 valence electrons. The molecule has 4 atom stereocenters. The van der Waals surface area contributed by atoms with E-state index in [2.05, 4.69) is 26.6 Å². The summed E-state index contributed by atoms with van der Waals surface area (Å²) in [5.41, 5.74) is 1.27. The van der Waals surface area contributed by atoms with E-state index in [1.165, 1.54) is 6.92 Å². The Balaban J connectivity index is 1.77. The Hall–Kier alpha value is -4.61. The van der Waals surface area contributed by atoms with Crippen molar-refractivity contribution in [3.8, 4) is 11.5 Å². The summed E-state index contributed by atoms with van der Waals surface area (Å²) >= 11 is 0. The Morgan fingerprint density at radius 3 is 2.47 bits per heavy atom. The lowest BCUT2D eigenvalue weighted by Crippen LogP contribution is -2.56. The molecule has 3 rings (SSSR count). The van der Waals surface area contributed by atoms with Crippen LogP contribution in [0, 0.1) is 5.92 Å². The summed E-state index contributed by atoms with van der Waals surface area (Å²) in [5, 5.41) is 13.8. The molecular weight excluding hydrogens is 578 g/mol. The fraction of sp³-hybridized carbons (Fsp3) is 0.485. The van der Waals surface area contributed by atoms with Crippen molar-refractivity contribution in [2.45, 2.75) is 77.5 Å². The summed E-state index contributed by atoms with van der Waals surface area (Å²) in [4.78, 5) is 65.4. The SMILES string of the molecule is COc1cccc(CCCNC(=O)[C@@H]2CCC(=O)N[C@@H](C)C(=O)N[C@H](C(C)C)C(=O)N[C@@H](C)COc3ccccc3C(=O)N2)c1. The highest BCUT2D eigenvalue weighted by atomic mass is 16.5. The van der Waals surface area contributed by atoms with Gasteiger partial charge < -0.3 is 36.1 Å². The van der Waals surface area contributed by atoms with Crippen molar-refractivity contribution >= 4 is 29.5 Å². The van der Waals surface area contributed by atoms with Crippen LogP contribution in [0.2, 0.25) is 0 Å². The van der Waals surface area contributed by atoms with Gasteiger partial charge in [0.1, 0.15) is 36.2 Å². The van der Waals surface area contributed by atoms with Gasteiger partial charge in [-0.25, -0.2) is 0 Å². The molecule has 5 amide bonds. The first-order valence-electron chi connectivity index (χ1n) is 15.3. The number of carbonyl (C=O) groups excluding carboxylic acids is 5. The molecule has 0 unspecified atom stereocenters. The maximum atomic E-state index is 13.4. The summed E-state index contributed by atoms with van der Waals surface area (Å²) in [5.74, 6) is -1.57. The molecule has 12 nitrogen and oxygen atoms in total. The van der Waals surface area contributed by atoms with Crippen LogP contribution in [0.25, 0.3) is 0 Å². The van der Waals surface area contributed by atoms with E-state index >= 15 is 0 Å². The van der Waals surface area contributed by atoms with Crippen LogP contribution < -0.4 is 36.1 Å². The molecular formula is C33H45N5O7. The van der Waals surface area contributed by atoms with Gasteiger partial charge in [-0.3, -0.25) is 24.0 Å². The fourth-order valence-corrected chi connectivity index (χ4v) is 4.80. The largest absolute Gasteiger partial charge is 0.497 e. The third-order valence-corrected chi connectivity index (χ3v) is 7.38. The molecule has 0 radical (unpaired) electrons. The quantitative estimate of drug-likeness (QED) is 0.294. The Morgan fingerprint density at radius 1 is 0.978 bits per heavy atom. The van der Waals surface area contributed by atoms with Crippen molar-refractivity contribution in [1.82, 2.24) is 26.6 Å². The molecule has 0 saturated carbocycles. The minimum Gasteiger partial charge on any atom is -0.497 e. The van der Waals surface area contributed by atoms with E-state index in [0.717, 1.165) is 11.3 Å². The third-order valence-electron chi connectivity index (χ3n) is 7.38. The fourth-order valence-electron chi connectivity index (χ4n) is 4.80. The number of rotatable bonds is 7. The van der Waals surface area contributed by atoms with Crippen molar-refractivity contribution < 1.29 is 33.4 Å². The minimum atomic E-state index is -1.03. The van der Waals surface area contributed by atoms with Crippen molar-refractivity contribution in [3.05, 3.63) is 59.7 Å². The summed E-state index contributed by atoms with van der Waals surface area (Å²) in [7, 11) is 1.60. The van der Waals surface area contributed by atoms with Gasteiger partial charge in [0.25, 0.3) is 5.91 Å². The van der Waals surface area contributed by atoms with Crippen LogP contribution in [0.5, 0.6) is 11.5 Å². The predicted molar refractivity (Wildman–Crippen MR) is 169 cm³/mol. The number of ether oxygens (including phenoxy) is 2. The number of benzene rings is 2. The second kappa shape index (κ2) is 17.0. The summed E-state index contributed by atoms with van der Waals surface area (Å²) in [6, 6.07) is 11.0. The standard InChI is InChI=1S/C33H45N5O7/c1-20(2)29-33(43)35-21(3)19-45-27-14-7-6-13-25(27)31(41)37-26(15-16-28(39)36-22(4)30(40)38-29)32(42)34-17-9-11-23-10-8-12-24(18-23)44-5/h6-8,10,12-14,18,20-22,26,29H,9,11,15-17,19H2,1-5H3,(H,34,42)(H,35,43)(H,36,39)(H,37,41)(H,38,40)/t21-,22-,26-,29+/m0/s1. The number of carbonyl (C=O) groups is 5. The normalized spacial score (nSPS) is 21.9. The number of para-hydroxylation sites is 1. The van der Waals surface area contributed by atoms with Gasteiger partial charge in [-0.2, -0.15) is 0 Å². The number of fused-ring (bicyclic) bond motifs is 1. The molecule has 2 aromatic carbocycles. The maximum absolute atomic E-state index is 13.4. The topological polar surface area (TPSA) is 164 Å². The molecule has 0 saturated heterocycles. The monoisotopic (exact) mass is 623 g/mol. The Labute approximate surface area is 264 Å². The van der Waals surface area contributed by atoms with E-state index in [1.54, 1.807) is 52.1 Å². The van der Waals surface area contributed by atoms with Gasteiger partial charge in [0.2, 0.25) is 23.6 Å². The Morgan fingerprint density at radius 2 is 1.73 bits per heavy atom. The zero-order chi connectivity index (χ0) is 32.9. The molecule has 0 aromatic heterocycles.